The van der Waals surface area contributed by atoms with Crippen molar-refractivity contribution in [2.45, 2.75) is 17.9 Å². The minimum absolute atomic E-state index is 0.158. The maximum Gasteiger partial charge on any atom is 0.251 e. The predicted octanol–water partition coefficient (Wildman–Crippen LogP) is 2.22. The molecule has 1 unspecified atom stereocenters. The van der Waals surface area contributed by atoms with Crippen LogP contribution in [0.3, 0.4) is 0 Å². The highest BCUT2D eigenvalue weighted by molar-refractivity contribution is 7.89. The lowest BCUT2D eigenvalue weighted by molar-refractivity contribution is 0.0730. The number of amides is 1. The molecular weight excluding hydrogens is 408 g/mol. The second kappa shape index (κ2) is 9.46. The van der Waals surface area contributed by atoms with Gasteiger partial charge in [0, 0.05) is 30.3 Å². The minimum atomic E-state index is -3.59. The Morgan fingerprint density at radius 2 is 1.73 bits per heavy atom. The van der Waals surface area contributed by atoms with Crippen molar-refractivity contribution in [1.29, 1.82) is 0 Å². The Bertz CT molecular complexity index is 985. The molecule has 1 aliphatic rings. The smallest absolute Gasteiger partial charge is 0.251 e. The summed E-state index contributed by atoms with van der Waals surface area (Å²) < 4.78 is 42.6. The van der Waals surface area contributed by atoms with E-state index in [2.05, 4.69) is 5.32 Å². The molecule has 8 nitrogen and oxygen atoms in total. The average Bonchev–Trinajstić information content (AvgIpc) is 2.79. The molecule has 1 heterocycles. The highest BCUT2D eigenvalue weighted by Crippen LogP contribution is 2.29. The first-order chi connectivity index (χ1) is 14.4. The summed E-state index contributed by atoms with van der Waals surface area (Å²) in [7, 11) is -0.465. The molecule has 2 aromatic carbocycles. The maximum atomic E-state index is 12.7. The van der Waals surface area contributed by atoms with E-state index in [-0.39, 0.29) is 16.8 Å². The van der Waals surface area contributed by atoms with Crippen LogP contribution in [0, 0.1) is 0 Å². The number of benzene rings is 2. The summed E-state index contributed by atoms with van der Waals surface area (Å²) in [6.07, 6.45) is 0. The largest absolute Gasteiger partial charge is 0.497 e. The van der Waals surface area contributed by atoms with E-state index in [9.17, 15) is 13.2 Å². The molecule has 0 bridgehead atoms. The highest BCUT2D eigenvalue weighted by Gasteiger charge is 2.26. The Labute approximate surface area is 176 Å². The summed E-state index contributed by atoms with van der Waals surface area (Å²) >= 11 is 0. The zero-order chi connectivity index (χ0) is 21.7. The van der Waals surface area contributed by atoms with Crippen LogP contribution in [0.4, 0.5) is 0 Å². The number of rotatable bonds is 7. The maximum absolute atomic E-state index is 12.7. The molecule has 0 aliphatic carbocycles. The van der Waals surface area contributed by atoms with Gasteiger partial charge in [-0.15, -0.1) is 0 Å². The molecule has 1 aliphatic heterocycles. The summed E-state index contributed by atoms with van der Waals surface area (Å²) in [6.45, 7) is 3.26. The molecule has 162 valence electrons. The van der Waals surface area contributed by atoms with Crippen LogP contribution in [0.5, 0.6) is 11.5 Å². The van der Waals surface area contributed by atoms with Gasteiger partial charge in [0.25, 0.3) is 5.91 Å². The van der Waals surface area contributed by atoms with E-state index < -0.39 is 10.0 Å². The Balaban J connectivity index is 1.72. The third-order valence-corrected chi connectivity index (χ3v) is 6.89. The Morgan fingerprint density at radius 1 is 1.07 bits per heavy atom. The molecule has 1 N–H and O–H groups in total. The predicted molar refractivity (Wildman–Crippen MR) is 111 cm³/mol. The standard InChI is InChI=1S/C21H26N2O6S/c1-15(19-9-6-17(27-2)14-20(19)28-3)22-21(24)16-4-7-18(8-5-16)30(25,26)23-10-12-29-13-11-23/h4-9,14-15H,10-13H2,1-3H3,(H,22,24). The fourth-order valence-corrected chi connectivity index (χ4v) is 4.66. The fourth-order valence-electron chi connectivity index (χ4n) is 3.25. The topological polar surface area (TPSA) is 94.2 Å². The second-order valence-electron chi connectivity index (χ2n) is 6.84. The molecule has 9 heteroatoms. The van der Waals surface area contributed by atoms with E-state index in [0.717, 1.165) is 5.56 Å². The van der Waals surface area contributed by atoms with Crippen molar-refractivity contribution in [2.75, 3.05) is 40.5 Å². The molecule has 2 aromatic rings. The zero-order valence-corrected chi connectivity index (χ0v) is 18.1. The van der Waals surface area contributed by atoms with Gasteiger partial charge in [-0.1, -0.05) is 0 Å². The molecule has 0 saturated carbocycles. The van der Waals surface area contributed by atoms with E-state index in [1.54, 1.807) is 26.4 Å². The molecule has 30 heavy (non-hydrogen) atoms. The quantitative estimate of drug-likeness (QED) is 0.718. The number of nitrogens with one attached hydrogen (secondary N) is 1. The first-order valence-corrected chi connectivity index (χ1v) is 11.0. The lowest BCUT2D eigenvalue weighted by atomic mass is 10.1. The van der Waals surface area contributed by atoms with Crippen LogP contribution in [0.15, 0.2) is 47.4 Å². The van der Waals surface area contributed by atoms with Crippen molar-refractivity contribution >= 4 is 15.9 Å². The summed E-state index contributed by atoms with van der Waals surface area (Å²) in [4.78, 5) is 12.8. The molecule has 1 saturated heterocycles. The van der Waals surface area contributed by atoms with Gasteiger partial charge >= 0.3 is 0 Å². The lowest BCUT2D eigenvalue weighted by Crippen LogP contribution is -2.40. The number of morpholine rings is 1. The number of hydrogen-bond donors (Lipinski definition) is 1. The Hall–Kier alpha value is -2.62. The summed E-state index contributed by atoms with van der Waals surface area (Å²) in [5.41, 5.74) is 1.17. The van der Waals surface area contributed by atoms with Gasteiger partial charge in [0.2, 0.25) is 10.0 Å². The number of ether oxygens (including phenoxy) is 3. The lowest BCUT2D eigenvalue weighted by Gasteiger charge is -2.26. The van der Waals surface area contributed by atoms with Gasteiger partial charge < -0.3 is 19.5 Å². The first kappa shape index (κ1) is 22.1. The number of carbonyl (C=O) groups excluding carboxylic acids is 1. The van der Waals surface area contributed by atoms with E-state index >= 15 is 0 Å². The van der Waals surface area contributed by atoms with Crippen molar-refractivity contribution < 1.29 is 27.4 Å². The highest BCUT2D eigenvalue weighted by atomic mass is 32.2. The first-order valence-electron chi connectivity index (χ1n) is 9.57. The number of carbonyl (C=O) groups is 1. The normalized spacial score (nSPS) is 16.0. The molecule has 0 aromatic heterocycles. The number of nitrogens with zero attached hydrogens (tertiary/aromatic N) is 1. The molecule has 3 rings (SSSR count). The van der Waals surface area contributed by atoms with Gasteiger partial charge in [0.05, 0.1) is 38.4 Å². The van der Waals surface area contributed by atoms with Gasteiger partial charge in [-0.2, -0.15) is 4.31 Å². The van der Waals surface area contributed by atoms with Crippen LogP contribution in [-0.4, -0.2) is 59.2 Å². The number of sulfonamides is 1. The van der Waals surface area contributed by atoms with Gasteiger partial charge in [0.1, 0.15) is 11.5 Å². The van der Waals surface area contributed by atoms with Crippen LogP contribution in [-0.2, 0) is 14.8 Å². The summed E-state index contributed by atoms with van der Waals surface area (Å²) in [5.74, 6) is 0.955. The summed E-state index contributed by atoms with van der Waals surface area (Å²) in [5, 5.41) is 2.91. The van der Waals surface area contributed by atoms with Gasteiger partial charge in [0.15, 0.2) is 0 Å². The van der Waals surface area contributed by atoms with Crippen molar-refractivity contribution in [1.82, 2.24) is 9.62 Å². The molecular formula is C21H26N2O6S. The van der Waals surface area contributed by atoms with Crippen LogP contribution in [0.25, 0.3) is 0 Å². The fraction of sp³-hybridized carbons (Fsp3) is 0.381. The van der Waals surface area contributed by atoms with Crippen molar-refractivity contribution in [3.05, 3.63) is 53.6 Å². The van der Waals surface area contributed by atoms with Crippen molar-refractivity contribution in [3.63, 3.8) is 0 Å². The molecule has 1 atom stereocenters. The molecule has 1 amide bonds. The zero-order valence-electron chi connectivity index (χ0n) is 17.3. The molecule has 0 spiro atoms. The van der Waals surface area contributed by atoms with Crippen LogP contribution in [0.2, 0.25) is 0 Å². The Kier molecular flexibility index (Phi) is 6.96. The monoisotopic (exact) mass is 434 g/mol. The van der Waals surface area contributed by atoms with Crippen LogP contribution in [0.1, 0.15) is 28.9 Å². The van der Waals surface area contributed by atoms with Crippen LogP contribution >= 0.6 is 0 Å². The van der Waals surface area contributed by atoms with Gasteiger partial charge in [-0.3, -0.25) is 4.79 Å². The third kappa shape index (κ3) is 4.75. The third-order valence-electron chi connectivity index (χ3n) is 4.98. The molecule has 1 fully saturated rings. The number of methoxy groups -OCH3 is 2. The van der Waals surface area contributed by atoms with Crippen LogP contribution < -0.4 is 14.8 Å². The van der Waals surface area contributed by atoms with Gasteiger partial charge in [-0.05, 0) is 43.3 Å². The average molecular weight is 435 g/mol. The molecule has 0 radical (unpaired) electrons. The van der Waals surface area contributed by atoms with E-state index in [1.807, 2.05) is 13.0 Å². The van der Waals surface area contributed by atoms with E-state index in [0.29, 0.717) is 43.4 Å². The number of hydrogen-bond acceptors (Lipinski definition) is 6. The minimum Gasteiger partial charge on any atom is -0.497 e. The van der Waals surface area contributed by atoms with E-state index in [1.165, 1.54) is 28.6 Å². The van der Waals surface area contributed by atoms with Gasteiger partial charge in [-0.25, -0.2) is 8.42 Å². The van der Waals surface area contributed by atoms with E-state index in [4.69, 9.17) is 14.2 Å². The Morgan fingerprint density at radius 3 is 2.33 bits per heavy atom. The summed E-state index contributed by atoms with van der Waals surface area (Å²) in [6, 6.07) is 11.0. The second-order valence-corrected chi connectivity index (χ2v) is 8.78. The van der Waals surface area contributed by atoms with Crippen molar-refractivity contribution in [2.24, 2.45) is 0 Å². The van der Waals surface area contributed by atoms with Crippen molar-refractivity contribution in [3.8, 4) is 11.5 Å². The SMILES string of the molecule is COc1ccc(C(C)NC(=O)c2ccc(S(=O)(=O)N3CCOCC3)cc2)c(OC)c1.